The van der Waals surface area contributed by atoms with Crippen molar-refractivity contribution in [1.82, 2.24) is 9.78 Å². The Morgan fingerprint density at radius 1 is 1.32 bits per heavy atom. The number of nitrogen functional groups attached to an aromatic ring is 1. The molecule has 0 fully saturated rings. The first-order valence-corrected chi connectivity index (χ1v) is 10.4. The monoisotopic (exact) mass is 277 g/mol. The minimum absolute atomic E-state index is 0.513. The van der Waals surface area contributed by atoms with E-state index in [0.717, 1.165) is 28.8 Å². The average Bonchev–Trinajstić information content (AvgIpc) is 2.66. The number of aromatic nitrogens is 2. The third kappa shape index (κ3) is 3.58. The van der Waals surface area contributed by atoms with Crippen molar-refractivity contribution in [2.45, 2.75) is 39.3 Å². The van der Waals surface area contributed by atoms with Crippen LogP contribution in [-0.4, -0.2) is 24.5 Å². The fourth-order valence-electron chi connectivity index (χ4n) is 2.10. The van der Waals surface area contributed by atoms with E-state index in [-0.39, 0.29) is 0 Å². The van der Waals surface area contributed by atoms with Crippen LogP contribution in [0.3, 0.4) is 0 Å². The van der Waals surface area contributed by atoms with Crippen LogP contribution in [0.25, 0.3) is 10.9 Å². The van der Waals surface area contributed by atoms with Crippen LogP contribution in [0.15, 0.2) is 18.3 Å². The molecule has 0 spiro atoms. The summed E-state index contributed by atoms with van der Waals surface area (Å²) in [4.78, 5) is 0. The van der Waals surface area contributed by atoms with Gasteiger partial charge in [-0.25, -0.2) is 4.68 Å². The first-order valence-electron chi connectivity index (χ1n) is 6.66. The lowest BCUT2D eigenvalue weighted by Crippen LogP contribution is -2.22. The first-order chi connectivity index (χ1) is 8.87. The van der Waals surface area contributed by atoms with Crippen LogP contribution in [0.2, 0.25) is 25.7 Å². The van der Waals surface area contributed by atoms with Gasteiger partial charge in [0, 0.05) is 25.8 Å². The maximum absolute atomic E-state index is 5.84. The van der Waals surface area contributed by atoms with E-state index < -0.39 is 8.07 Å². The van der Waals surface area contributed by atoms with Crippen LogP contribution in [0.5, 0.6) is 0 Å². The van der Waals surface area contributed by atoms with E-state index in [1.165, 1.54) is 6.04 Å². The van der Waals surface area contributed by atoms with E-state index in [1.807, 2.05) is 23.0 Å². The summed E-state index contributed by atoms with van der Waals surface area (Å²) in [5, 5.41) is 5.45. The van der Waals surface area contributed by atoms with Crippen molar-refractivity contribution in [1.29, 1.82) is 0 Å². The van der Waals surface area contributed by atoms with E-state index in [4.69, 9.17) is 10.5 Å². The van der Waals surface area contributed by atoms with E-state index in [2.05, 4.69) is 31.7 Å². The van der Waals surface area contributed by atoms with Crippen LogP contribution in [0.1, 0.15) is 5.56 Å². The largest absolute Gasteiger partial charge is 0.399 e. The summed E-state index contributed by atoms with van der Waals surface area (Å²) in [6.45, 7) is 10.4. The summed E-state index contributed by atoms with van der Waals surface area (Å²) >= 11 is 0. The van der Waals surface area contributed by atoms with E-state index in [1.54, 1.807) is 0 Å². The van der Waals surface area contributed by atoms with Crippen LogP contribution in [0, 0.1) is 6.92 Å². The SMILES string of the molecule is Cc1cc(N)cc2cnn(COCC[Si](C)(C)C)c12. The quantitative estimate of drug-likeness (QED) is 0.518. The van der Waals surface area contributed by atoms with Crippen molar-refractivity contribution in [2.24, 2.45) is 0 Å². The summed E-state index contributed by atoms with van der Waals surface area (Å²) in [6, 6.07) is 5.11. The van der Waals surface area contributed by atoms with Crippen molar-refractivity contribution >= 4 is 24.7 Å². The summed E-state index contributed by atoms with van der Waals surface area (Å²) in [7, 11) is -1.02. The zero-order chi connectivity index (χ0) is 14.0. The number of rotatable bonds is 5. The van der Waals surface area contributed by atoms with E-state index in [0.29, 0.717) is 6.73 Å². The molecule has 0 aliphatic heterocycles. The summed E-state index contributed by atoms with van der Waals surface area (Å²) in [6.07, 6.45) is 1.85. The van der Waals surface area contributed by atoms with Crippen LogP contribution < -0.4 is 5.73 Å². The molecule has 5 heteroatoms. The lowest BCUT2D eigenvalue weighted by atomic mass is 10.1. The van der Waals surface area contributed by atoms with Crippen molar-refractivity contribution in [2.75, 3.05) is 12.3 Å². The molecule has 19 heavy (non-hydrogen) atoms. The van der Waals surface area contributed by atoms with Gasteiger partial charge in [-0.3, -0.25) is 0 Å². The zero-order valence-corrected chi connectivity index (χ0v) is 13.2. The molecule has 0 bridgehead atoms. The molecular weight excluding hydrogens is 254 g/mol. The Morgan fingerprint density at radius 3 is 2.74 bits per heavy atom. The molecule has 0 amide bonds. The van der Waals surface area contributed by atoms with Gasteiger partial charge >= 0.3 is 0 Å². The normalized spacial score (nSPS) is 12.2. The lowest BCUT2D eigenvalue weighted by molar-refractivity contribution is 0.0816. The Kier molecular flexibility index (Phi) is 3.96. The van der Waals surface area contributed by atoms with E-state index >= 15 is 0 Å². The van der Waals surface area contributed by atoms with Gasteiger partial charge < -0.3 is 10.5 Å². The maximum atomic E-state index is 5.84. The number of hydrogen-bond donors (Lipinski definition) is 1. The molecule has 1 aromatic carbocycles. The number of aryl methyl sites for hydroxylation is 1. The zero-order valence-electron chi connectivity index (χ0n) is 12.2. The maximum Gasteiger partial charge on any atom is 0.140 e. The second-order valence-electron chi connectivity index (χ2n) is 6.27. The molecule has 2 N–H and O–H groups in total. The van der Waals surface area contributed by atoms with Crippen molar-refractivity contribution in [3.05, 3.63) is 23.9 Å². The predicted molar refractivity (Wildman–Crippen MR) is 83.0 cm³/mol. The third-order valence-electron chi connectivity index (χ3n) is 3.16. The molecule has 1 heterocycles. The van der Waals surface area contributed by atoms with Crippen molar-refractivity contribution in [3.8, 4) is 0 Å². The number of ether oxygens (including phenoxy) is 1. The Hall–Kier alpha value is -1.33. The Labute approximate surface area is 115 Å². The number of nitrogens with zero attached hydrogens (tertiary/aromatic N) is 2. The minimum Gasteiger partial charge on any atom is -0.399 e. The molecule has 0 atom stereocenters. The van der Waals surface area contributed by atoms with Gasteiger partial charge in [-0.15, -0.1) is 0 Å². The molecule has 0 saturated carbocycles. The number of nitrogens with two attached hydrogens (primary N) is 1. The molecule has 2 rings (SSSR count). The van der Waals surface area contributed by atoms with Crippen LogP contribution in [0.4, 0.5) is 5.69 Å². The fourth-order valence-corrected chi connectivity index (χ4v) is 2.86. The van der Waals surface area contributed by atoms with Gasteiger partial charge in [0.05, 0.1) is 11.7 Å². The fraction of sp³-hybridized carbons (Fsp3) is 0.500. The van der Waals surface area contributed by atoms with Gasteiger partial charge in [0.15, 0.2) is 0 Å². The highest BCUT2D eigenvalue weighted by Crippen LogP contribution is 2.21. The van der Waals surface area contributed by atoms with Gasteiger partial charge in [0.2, 0.25) is 0 Å². The molecule has 0 aliphatic carbocycles. The number of fused-ring (bicyclic) bond motifs is 1. The van der Waals surface area contributed by atoms with Crippen molar-refractivity contribution in [3.63, 3.8) is 0 Å². The Morgan fingerprint density at radius 2 is 2.05 bits per heavy atom. The Bertz CT molecular complexity index is 572. The van der Waals surface area contributed by atoms with Gasteiger partial charge in [-0.1, -0.05) is 19.6 Å². The van der Waals surface area contributed by atoms with Gasteiger partial charge in [-0.2, -0.15) is 5.10 Å². The standard InChI is InChI=1S/C14H23N3OSi/c1-11-7-13(15)8-12-9-16-17(14(11)12)10-18-5-6-19(2,3)4/h7-9H,5-6,10,15H2,1-4H3. The molecule has 0 radical (unpaired) electrons. The van der Waals surface area contributed by atoms with Crippen LogP contribution >= 0.6 is 0 Å². The number of hydrogen-bond acceptors (Lipinski definition) is 3. The molecule has 0 unspecified atom stereocenters. The highest BCUT2D eigenvalue weighted by molar-refractivity contribution is 6.76. The molecule has 4 nitrogen and oxygen atoms in total. The molecule has 1 aromatic heterocycles. The van der Waals surface area contributed by atoms with E-state index in [9.17, 15) is 0 Å². The summed E-state index contributed by atoms with van der Waals surface area (Å²) in [5.74, 6) is 0. The first kappa shape index (κ1) is 14.1. The number of anilines is 1. The molecular formula is C14H23N3OSi. The summed E-state index contributed by atoms with van der Waals surface area (Å²) in [5.41, 5.74) is 8.87. The van der Waals surface area contributed by atoms with Gasteiger partial charge in [0.25, 0.3) is 0 Å². The molecule has 104 valence electrons. The highest BCUT2D eigenvalue weighted by atomic mass is 28.3. The van der Waals surface area contributed by atoms with Gasteiger partial charge in [0.1, 0.15) is 6.73 Å². The highest BCUT2D eigenvalue weighted by Gasteiger charge is 2.12. The second kappa shape index (κ2) is 5.34. The molecule has 2 aromatic rings. The third-order valence-corrected chi connectivity index (χ3v) is 4.86. The average molecular weight is 277 g/mol. The lowest BCUT2D eigenvalue weighted by Gasteiger charge is -2.15. The second-order valence-corrected chi connectivity index (χ2v) is 11.9. The number of benzene rings is 1. The topological polar surface area (TPSA) is 53.1 Å². The summed E-state index contributed by atoms with van der Waals surface area (Å²) < 4.78 is 7.66. The molecule has 0 saturated heterocycles. The van der Waals surface area contributed by atoms with Crippen molar-refractivity contribution < 1.29 is 4.74 Å². The van der Waals surface area contributed by atoms with Crippen LogP contribution in [-0.2, 0) is 11.5 Å². The smallest absolute Gasteiger partial charge is 0.140 e. The molecule has 0 aliphatic rings. The minimum atomic E-state index is -1.02. The Balaban J connectivity index is 2.06. The van der Waals surface area contributed by atoms with Gasteiger partial charge in [-0.05, 0) is 30.7 Å². The predicted octanol–water partition coefficient (Wildman–Crippen LogP) is 3.24.